The van der Waals surface area contributed by atoms with Gasteiger partial charge in [0.25, 0.3) is 0 Å². The van der Waals surface area contributed by atoms with Gasteiger partial charge in [0.05, 0.1) is 33.9 Å². The minimum absolute atomic E-state index is 0.120. The van der Waals surface area contributed by atoms with E-state index in [1.165, 1.54) is 40.6 Å². The summed E-state index contributed by atoms with van der Waals surface area (Å²) in [6.07, 6.45) is -0.993. The van der Waals surface area contributed by atoms with Crippen LogP contribution in [-0.4, -0.2) is 39.2 Å². The summed E-state index contributed by atoms with van der Waals surface area (Å²) in [5.74, 6) is -0.389. The lowest BCUT2D eigenvalue weighted by molar-refractivity contribution is -0.141. The summed E-state index contributed by atoms with van der Waals surface area (Å²) in [5, 5.41) is 8.21. The summed E-state index contributed by atoms with van der Waals surface area (Å²) in [7, 11) is -3.48. The molecule has 0 atom stereocenters. The Balaban J connectivity index is 1.76. The van der Waals surface area contributed by atoms with Gasteiger partial charge in [0.2, 0.25) is 0 Å². The van der Waals surface area contributed by atoms with Gasteiger partial charge in [-0.3, -0.25) is 0 Å². The SMILES string of the molecule is Cc1cc(-c2cnnn2-c2cc(-c3cccc(S(C)(=O)=O)c3)ccc2-n2cnc(C(F)(F)F)c2C)ccc1F. The lowest BCUT2D eigenvalue weighted by Crippen LogP contribution is -2.10. The molecule has 12 heteroatoms. The molecule has 0 aliphatic heterocycles. The predicted molar refractivity (Wildman–Crippen MR) is 137 cm³/mol. The van der Waals surface area contributed by atoms with Crippen molar-refractivity contribution in [2.45, 2.75) is 24.9 Å². The van der Waals surface area contributed by atoms with Crippen LogP contribution in [0.5, 0.6) is 0 Å². The van der Waals surface area contributed by atoms with Crippen LogP contribution in [0.25, 0.3) is 33.8 Å². The third-order valence-electron chi connectivity index (χ3n) is 6.34. The zero-order chi connectivity index (χ0) is 28.1. The van der Waals surface area contributed by atoms with E-state index in [2.05, 4.69) is 15.3 Å². The Morgan fingerprint density at radius 3 is 2.26 bits per heavy atom. The molecule has 0 radical (unpaired) electrons. The Kier molecular flexibility index (Phi) is 6.37. The van der Waals surface area contributed by atoms with Crippen molar-refractivity contribution in [1.82, 2.24) is 24.5 Å². The molecule has 0 N–H and O–H groups in total. The van der Waals surface area contributed by atoms with E-state index in [9.17, 15) is 26.0 Å². The monoisotopic (exact) mass is 555 g/mol. The lowest BCUT2D eigenvalue weighted by atomic mass is 10.0. The van der Waals surface area contributed by atoms with Gasteiger partial charge >= 0.3 is 6.18 Å². The first-order chi connectivity index (χ1) is 18.3. The first-order valence-electron chi connectivity index (χ1n) is 11.6. The van der Waals surface area contributed by atoms with Crippen LogP contribution in [0.1, 0.15) is 17.0 Å². The molecule has 0 saturated carbocycles. The zero-order valence-corrected chi connectivity index (χ0v) is 21.7. The number of nitrogens with zero attached hydrogens (tertiary/aromatic N) is 5. The molecule has 5 aromatic rings. The van der Waals surface area contributed by atoms with Crippen molar-refractivity contribution >= 4 is 9.84 Å². The second-order valence-corrected chi connectivity index (χ2v) is 11.1. The molecule has 5 rings (SSSR count). The van der Waals surface area contributed by atoms with Crippen LogP contribution in [0, 0.1) is 19.7 Å². The zero-order valence-electron chi connectivity index (χ0n) is 20.9. The average molecular weight is 556 g/mol. The number of imidazole rings is 1. The van der Waals surface area contributed by atoms with Crippen molar-refractivity contribution in [2.75, 3.05) is 6.26 Å². The van der Waals surface area contributed by atoms with Crippen molar-refractivity contribution in [1.29, 1.82) is 0 Å². The first-order valence-corrected chi connectivity index (χ1v) is 13.5. The Hall–Kier alpha value is -4.32. The average Bonchev–Trinajstić information content (AvgIpc) is 3.52. The fourth-order valence-electron chi connectivity index (χ4n) is 4.33. The highest BCUT2D eigenvalue weighted by Gasteiger charge is 2.36. The highest BCUT2D eigenvalue weighted by atomic mass is 32.2. The van der Waals surface area contributed by atoms with Crippen LogP contribution in [0.4, 0.5) is 17.6 Å². The van der Waals surface area contributed by atoms with Gasteiger partial charge in [0.1, 0.15) is 12.1 Å². The Labute approximate surface area is 221 Å². The Morgan fingerprint density at radius 1 is 0.872 bits per heavy atom. The van der Waals surface area contributed by atoms with Gasteiger partial charge < -0.3 is 4.57 Å². The second-order valence-electron chi connectivity index (χ2n) is 9.04. The number of alkyl halides is 3. The Morgan fingerprint density at radius 2 is 1.59 bits per heavy atom. The van der Waals surface area contributed by atoms with Crippen molar-refractivity contribution in [3.05, 3.63) is 96.0 Å². The van der Waals surface area contributed by atoms with Crippen LogP contribution < -0.4 is 0 Å². The molecular formula is C27H21F4N5O2S. The largest absolute Gasteiger partial charge is 0.435 e. The molecule has 0 amide bonds. The number of aromatic nitrogens is 5. The lowest BCUT2D eigenvalue weighted by Gasteiger charge is -2.16. The van der Waals surface area contributed by atoms with E-state index in [0.717, 1.165) is 12.6 Å². The van der Waals surface area contributed by atoms with E-state index in [4.69, 9.17) is 0 Å². The van der Waals surface area contributed by atoms with Gasteiger partial charge in [-0.2, -0.15) is 13.2 Å². The van der Waals surface area contributed by atoms with Crippen LogP contribution >= 0.6 is 0 Å². The minimum atomic E-state index is -4.65. The van der Waals surface area contributed by atoms with Crippen LogP contribution in [0.15, 0.2) is 78.1 Å². The summed E-state index contributed by atoms with van der Waals surface area (Å²) in [6, 6.07) is 15.8. The minimum Gasteiger partial charge on any atom is -0.301 e. The smallest absolute Gasteiger partial charge is 0.301 e. The number of aryl methyl sites for hydroxylation is 1. The molecule has 39 heavy (non-hydrogen) atoms. The topological polar surface area (TPSA) is 82.7 Å². The predicted octanol–water partition coefficient (Wildman–Crippen LogP) is 5.97. The maximum atomic E-state index is 14.0. The van der Waals surface area contributed by atoms with Gasteiger partial charge in [-0.15, -0.1) is 5.10 Å². The third kappa shape index (κ3) is 4.94. The Bertz CT molecular complexity index is 1820. The summed E-state index contributed by atoms with van der Waals surface area (Å²) in [5.41, 5.74) is 2.13. The van der Waals surface area contributed by atoms with Crippen molar-refractivity contribution in [3.8, 4) is 33.8 Å². The van der Waals surface area contributed by atoms with Crippen LogP contribution in [0.3, 0.4) is 0 Å². The molecule has 0 spiro atoms. The fourth-order valence-corrected chi connectivity index (χ4v) is 4.99. The van der Waals surface area contributed by atoms with Gasteiger partial charge in [0.15, 0.2) is 15.5 Å². The second kappa shape index (κ2) is 9.45. The highest BCUT2D eigenvalue weighted by molar-refractivity contribution is 7.90. The first kappa shape index (κ1) is 26.3. The van der Waals surface area contributed by atoms with Crippen molar-refractivity contribution in [3.63, 3.8) is 0 Å². The summed E-state index contributed by atoms with van der Waals surface area (Å²) in [6.45, 7) is 2.93. The molecule has 2 heterocycles. The maximum absolute atomic E-state index is 14.0. The molecule has 7 nitrogen and oxygen atoms in total. The van der Waals surface area contributed by atoms with E-state index in [0.29, 0.717) is 39.3 Å². The fraction of sp³-hybridized carbons (Fsp3) is 0.148. The number of benzene rings is 3. The molecular weight excluding hydrogens is 534 g/mol. The van der Waals surface area contributed by atoms with Gasteiger partial charge in [-0.05, 0) is 73.0 Å². The molecule has 0 bridgehead atoms. The van der Waals surface area contributed by atoms with Crippen molar-refractivity contribution in [2.24, 2.45) is 0 Å². The van der Waals surface area contributed by atoms with E-state index >= 15 is 0 Å². The van der Waals surface area contributed by atoms with Crippen molar-refractivity contribution < 1.29 is 26.0 Å². The third-order valence-corrected chi connectivity index (χ3v) is 7.45. The number of hydrogen-bond acceptors (Lipinski definition) is 5. The molecule has 0 unspecified atom stereocenters. The normalized spacial score (nSPS) is 12.2. The summed E-state index contributed by atoms with van der Waals surface area (Å²) in [4.78, 5) is 3.71. The van der Waals surface area contributed by atoms with Gasteiger partial charge in [0, 0.05) is 11.8 Å². The van der Waals surface area contributed by atoms with Crippen LogP contribution in [-0.2, 0) is 16.0 Å². The maximum Gasteiger partial charge on any atom is 0.435 e. The van der Waals surface area contributed by atoms with Crippen LogP contribution in [0.2, 0.25) is 0 Å². The highest BCUT2D eigenvalue weighted by Crippen LogP contribution is 2.35. The number of rotatable bonds is 5. The standard InChI is InChI=1S/C27H21F4N5O2S/c1-16-11-20(7-9-22(16)28)25-14-33-34-36(25)24-13-19(18-5-4-6-21(12-18)39(3,37)38)8-10-23(24)35-15-32-26(17(35)2)27(29,30)31/h4-15H,1-3H3. The van der Waals surface area contributed by atoms with E-state index < -0.39 is 21.7 Å². The summed E-state index contributed by atoms with van der Waals surface area (Å²) >= 11 is 0. The number of halogens is 4. The quantitative estimate of drug-likeness (QED) is 0.250. The number of sulfone groups is 1. The molecule has 3 aromatic carbocycles. The van der Waals surface area contributed by atoms with Gasteiger partial charge in [-0.25, -0.2) is 22.5 Å². The van der Waals surface area contributed by atoms with E-state index in [1.54, 1.807) is 49.4 Å². The molecule has 0 saturated heterocycles. The van der Waals surface area contributed by atoms with E-state index in [-0.39, 0.29) is 16.4 Å². The van der Waals surface area contributed by atoms with Gasteiger partial charge in [-0.1, -0.05) is 23.4 Å². The molecule has 200 valence electrons. The molecule has 0 aliphatic rings. The summed E-state index contributed by atoms with van der Waals surface area (Å²) < 4.78 is 81.6. The molecule has 0 aliphatic carbocycles. The molecule has 2 aromatic heterocycles. The number of hydrogen-bond donors (Lipinski definition) is 0. The van der Waals surface area contributed by atoms with E-state index in [1.807, 2.05) is 0 Å². The molecule has 0 fully saturated rings.